The van der Waals surface area contributed by atoms with Crippen molar-refractivity contribution in [3.05, 3.63) is 46.5 Å². The number of carbonyl (C=O) groups excluding carboxylic acids is 2. The molecule has 1 aliphatic heterocycles. The zero-order valence-corrected chi connectivity index (χ0v) is 20.7. The lowest BCUT2D eigenvalue weighted by Crippen LogP contribution is -2.55. The zero-order valence-electron chi connectivity index (χ0n) is 19.2. The Kier molecular flexibility index (Phi) is 7.33. The maximum atomic E-state index is 14.6. The minimum atomic E-state index is -0.743. The summed E-state index contributed by atoms with van der Waals surface area (Å²) in [5.74, 6) is 1.52. The van der Waals surface area contributed by atoms with Crippen LogP contribution >= 0.6 is 23.2 Å². The van der Waals surface area contributed by atoms with Crippen LogP contribution in [0.3, 0.4) is 0 Å². The van der Waals surface area contributed by atoms with Crippen LogP contribution in [0.25, 0.3) is 10.9 Å². The summed E-state index contributed by atoms with van der Waals surface area (Å²) in [6, 6.07) is 5.64. The van der Waals surface area contributed by atoms with E-state index in [0.29, 0.717) is 10.9 Å². The highest BCUT2D eigenvalue weighted by Gasteiger charge is 2.31. The van der Waals surface area contributed by atoms with Crippen molar-refractivity contribution in [1.82, 2.24) is 19.8 Å². The summed E-state index contributed by atoms with van der Waals surface area (Å²) < 4.78 is 25.7. The molecule has 2 aromatic carbocycles. The summed E-state index contributed by atoms with van der Waals surface area (Å²) in [6.45, 7) is 2.60. The van der Waals surface area contributed by atoms with Crippen LogP contribution in [0.2, 0.25) is 10.0 Å². The Bertz CT molecular complexity index is 1400. The minimum absolute atomic E-state index is 0.0481. The highest BCUT2D eigenvalue weighted by molar-refractivity contribution is 6.42. The van der Waals surface area contributed by atoms with Crippen LogP contribution in [0.1, 0.15) is 6.92 Å². The van der Waals surface area contributed by atoms with Crippen molar-refractivity contribution >= 4 is 57.6 Å². The third kappa shape index (κ3) is 4.94. The van der Waals surface area contributed by atoms with E-state index in [1.54, 1.807) is 13.0 Å². The average molecular weight is 532 g/mol. The van der Waals surface area contributed by atoms with Gasteiger partial charge in [-0.15, -0.1) is 6.42 Å². The second-order valence-corrected chi connectivity index (χ2v) is 8.68. The molecule has 1 N–H and O–H groups in total. The smallest absolute Gasteiger partial charge is 0.415 e. The Hall–Kier alpha value is -3.81. The van der Waals surface area contributed by atoms with Gasteiger partial charge in [-0.3, -0.25) is 4.79 Å². The molecule has 1 fully saturated rings. The van der Waals surface area contributed by atoms with Crippen LogP contribution < -0.4 is 14.8 Å². The molecule has 0 saturated carbocycles. The van der Waals surface area contributed by atoms with Crippen LogP contribution in [0.4, 0.5) is 20.7 Å². The summed E-state index contributed by atoms with van der Waals surface area (Å²) in [4.78, 5) is 36.2. The number of hydrogen-bond acceptors (Lipinski definition) is 7. The number of piperazine rings is 1. The van der Waals surface area contributed by atoms with Gasteiger partial charge in [-0.1, -0.05) is 23.2 Å². The van der Waals surface area contributed by atoms with Gasteiger partial charge in [-0.2, -0.15) is 0 Å². The number of anilines is 2. The SMILES string of the molecule is C#CC(=O)N1CCN(C(=O)Oc2cc3c(Nc4ccc(Cl)c(Cl)c4F)ncnc3cc2OC)[C@H](C)C1. The number of terminal acetylenes is 1. The van der Waals surface area contributed by atoms with Gasteiger partial charge in [0, 0.05) is 37.1 Å². The molecule has 1 aliphatic rings. The van der Waals surface area contributed by atoms with Crippen LogP contribution in [-0.2, 0) is 4.79 Å². The molecule has 0 radical (unpaired) electrons. The lowest BCUT2D eigenvalue weighted by molar-refractivity contribution is -0.127. The largest absolute Gasteiger partial charge is 0.493 e. The van der Waals surface area contributed by atoms with E-state index in [4.69, 9.17) is 39.1 Å². The van der Waals surface area contributed by atoms with Crippen molar-refractivity contribution < 1.29 is 23.5 Å². The van der Waals surface area contributed by atoms with Gasteiger partial charge in [0.2, 0.25) is 0 Å². The predicted octanol–water partition coefficient (Wildman–Crippen LogP) is 4.49. The van der Waals surface area contributed by atoms with Crippen molar-refractivity contribution in [3.8, 4) is 23.8 Å². The summed E-state index contributed by atoms with van der Waals surface area (Å²) in [6.07, 6.45) is 5.86. The number of fused-ring (bicyclic) bond motifs is 1. The molecule has 1 aromatic heterocycles. The number of aromatic nitrogens is 2. The van der Waals surface area contributed by atoms with Gasteiger partial charge >= 0.3 is 6.09 Å². The van der Waals surface area contributed by atoms with Crippen LogP contribution in [0.5, 0.6) is 11.5 Å². The lowest BCUT2D eigenvalue weighted by Gasteiger charge is -2.38. The monoisotopic (exact) mass is 531 g/mol. The molecule has 0 unspecified atom stereocenters. The Morgan fingerprint density at radius 3 is 2.69 bits per heavy atom. The molecule has 0 bridgehead atoms. The molecule has 4 rings (SSSR count). The number of ether oxygens (including phenoxy) is 2. The van der Waals surface area contributed by atoms with Crippen LogP contribution in [0.15, 0.2) is 30.6 Å². The van der Waals surface area contributed by atoms with E-state index >= 15 is 0 Å². The average Bonchev–Trinajstić information content (AvgIpc) is 2.88. The Balaban J connectivity index is 1.63. The highest BCUT2D eigenvalue weighted by atomic mass is 35.5. The van der Waals surface area contributed by atoms with E-state index in [2.05, 4.69) is 21.2 Å². The van der Waals surface area contributed by atoms with Gasteiger partial charge in [-0.05, 0) is 31.0 Å². The van der Waals surface area contributed by atoms with E-state index < -0.39 is 17.8 Å². The topological polar surface area (TPSA) is 96.9 Å². The summed E-state index contributed by atoms with van der Waals surface area (Å²) in [7, 11) is 1.43. The molecule has 186 valence electrons. The molecule has 3 aromatic rings. The van der Waals surface area contributed by atoms with Crippen LogP contribution in [0, 0.1) is 18.2 Å². The Morgan fingerprint density at radius 1 is 1.22 bits per heavy atom. The first-order valence-corrected chi connectivity index (χ1v) is 11.5. The number of carbonyl (C=O) groups is 2. The van der Waals surface area contributed by atoms with Gasteiger partial charge in [0.05, 0.1) is 28.4 Å². The van der Waals surface area contributed by atoms with E-state index in [0.717, 1.165) is 0 Å². The van der Waals surface area contributed by atoms with Gasteiger partial charge in [0.1, 0.15) is 12.1 Å². The van der Waals surface area contributed by atoms with E-state index in [1.807, 2.05) is 0 Å². The summed E-state index contributed by atoms with van der Waals surface area (Å²) in [5.41, 5.74) is 0.506. The number of hydrogen-bond donors (Lipinski definition) is 1. The minimum Gasteiger partial charge on any atom is -0.493 e. The maximum Gasteiger partial charge on any atom is 0.415 e. The first-order valence-electron chi connectivity index (χ1n) is 10.7. The number of halogens is 3. The van der Waals surface area contributed by atoms with Crippen molar-refractivity contribution in [2.45, 2.75) is 13.0 Å². The number of nitrogens with zero attached hydrogens (tertiary/aromatic N) is 4. The molecule has 36 heavy (non-hydrogen) atoms. The molecule has 1 saturated heterocycles. The number of rotatable bonds is 4. The van der Waals surface area contributed by atoms with E-state index in [1.165, 1.54) is 41.4 Å². The van der Waals surface area contributed by atoms with Crippen molar-refractivity contribution in [1.29, 1.82) is 0 Å². The number of benzene rings is 2. The quantitative estimate of drug-likeness (QED) is 0.391. The summed E-state index contributed by atoms with van der Waals surface area (Å²) in [5, 5.41) is 3.16. The van der Waals surface area contributed by atoms with Gasteiger partial charge < -0.3 is 24.6 Å². The predicted molar refractivity (Wildman–Crippen MR) is 133 cm³/mol. The van der Waals surface area contributed by atoms with E-state index in [-0.39, 0.29) is 58.7 Å². The molecular weight excluding hydrogens is 512 g/mol. The molecule has 9 nitrogen and oxygen atoms in total. The number of amides is 2. The van der Waals surface area contributed by atoms with Gasteiger partial charge in [0.25, 0.3) is 5.91 Å². The molecule has 1 atom stereocenters. The van der Waals surface area contributed by atoms with Gasteiger partial charge in [-0.25, -0.2) is 19.2 Å². The maximum absolute atomic E-state index is 14.6. The van der Waals surface area contributed by atoms with E-state index in [9.17, 15) is 14.0 Å². The first kappa shape index (κ1) is 25.3. The molecule has 0 aliphatic carbocycles. The number of nitrogens with one attached hydrogen (secondary N) is 1. The fourth-order valence-electron chi connectivity index (χ4n) is 3.81. The van der Waals surface area contributed by atoms with Crippen molar-refractivity contribution in [2.75, 3.05) is 32.1 Å². The van der Waals surface area contributed by atoms with Crippen molar-refractivity contribution in [2.24, 2.45) is 0 Å². The molecule has 0 spiro atoms. The lowest BCUT2D eigenvalue weighted by atomic mass is 10.2. The molecular formula is C24H20Cl2FN5O4. The normalized spacial score (nSPS) is 15.4. The third-order valence-corrected chi connectivity index (χ3v) is 6.46. The fourth-order valence-corrected chi connectivity index (χ4v) is 4.12. The zero-order chi connectivity index (χ0) is 26.0. The standard InChI is InChI=1S/C24H20Cl2FN5O4/c1-4-20(33)31-7-8-32(13(2)11-31)24(34)36-19-9-14-17(10-18(19)35-3)28-12-29-23(14)30-16-6-5-15(25)21(26)22(16)27/h1,5-6,9-10,12-13H,7-8,11H2,2-3H3,(H,28,29,30)/t13-/m1/s1. The summed E-state index contributed by atoms with van der Waals surface area (Å²) >= 11 is 11.8. The molecule has 12 heteroatoms. The highest BCUT2D eigenvalue weighted by Crippen LogP contribution is 2.37. The Morgan fingerprint density at radius 2 is 2.00 bits per heavy atom. The van der Waals surface area contributed by atoms with Crippen LogP contribution in [-0.4, -0.2) is 64.6 Å². The number of methoxy groups -OCH3 is 1. The third-order valence-electron chi connectivity index (χ3n) is 5.68. The first-order chi connectivity index (χ1) is 17.2. The van der Waals surface area contributed by atoms with Gasteiger partial charge in [0.15, 0.2) is 17.3 Å². The fraction of sp³-hybridized carbons (Fsp3) is 0.250. The molecule has 2 heterocycles. The second kappa shape index (κ2) is 10.4. The second-order valence-electron chi connectivity index (χ2n) is 7.90. The Labute approximate surface area is 216 Å². The van der Waals surface area contributed by atoms with Crippen molar-refractivity contribution in [3.63, 3.8) is 0 Å². The molecule has 2 amide bonds.